The molecule has 0 unspecified atom stereocenters. The standard InChI is InChI=1S/C17H17ClO/c1-10-6-5-7-11(2)16(10)17(19)14-8-13(4)15(18)9-12(14)3/h5-9H,1-4H3. The van der Waals surface area contributed by atoms with E-state index in [1.54, 1.807) is 0 Å². The van der Waals surface area contributed by atoms with E-state index in [9.17, 15) is 4.79 Å². The number of aryl methyl sites for hydroxylation is 4. The lowest BCUT2D eigenvalue weighted by Gasteiger charge is -2.12. The molecule has 2 heteroatoms. The second-order valence-electron chi connectivity index (χ2n) is 5.01. The van der Waals surface area contributed by atoms with Crippen LogP contribution in [-0.4, -0.2) is 5.78 Å². The van der Waals surface area contributed by atoms with Crippen molar-refractivity contribution in [1.29, 1.82) is 0 Å². The van der Waals surface area contributed by atoms with Gasteiger partial charge in [0.1, 0.15) is 0 Å². The summed E-state index contributed by atoms with van der Waals surface area (Å²) in [7, 11) is 0. The van der Waals surface area contributed by atoms with Crippen molar-refractivity contribution < 1.29 is 4.79 Å². The van der Waals surface area contributed by atoms with Crippen molar-refractivity contribution in [3.8, 4) is 0 Å². The largest absolute Gasteiger partial charge is 0.289 e. The average molecular weight is 273 g/mol. The molecule has 0 amide bonds. The quantitative estimate of drug-likeness (QED) is 0.718. The zero-order valence-electron chi connectivity index (χ0n) is 11.7. The highest BCUT2D eigenvalue weighted by Crippen LogP contribution is 2.25. The molecule has 0 heterocycles. The first-order valence-electron chi connectivity index (χ1n) is 6.29. The lowest BCUT2D eigenvalue weighted by molar-refractivity contribution is 0.103. The number of rotatable bonds is 2. The summed E-state index contributed by atoms with van der Waals surface area (Å²) >= 11 is 6.09. The fourth-order valence-electron chi connectivity index (χ4n) is 2.33. The highest BCUT2D eigenvalue weighted by Gasteiger charge is 2.17. The van der Waals surface area contributed by atoms with Crippen LogP contribution in [0.3, 0.4) is 0 Å². The minimum atomic E-state index is 0.0767. The molecule has 0 aliphatic carbocycles. The second-order valence-corrected chi connectivity index (χ2v) is 5.42. The summed E-state index contributed by atoms with van der Waals surface area (Å²) in [6.45, 7) is 7.78. The van der Waals surface area contributed by atoms with Gasteiger partial charge in [-0.1, -0.05) is 29.8 Å². The molecule has 0 saturated carbocycles. The summed E-state index contributed by atoms with van der Waals surface area (Å²) in [5, 5.41) is 0.704. The van der Waals surface area contributed by atoms with Crippen molar-refractivity contribution in [2.45, 2.75) is 27.7 Å². The number of hydrogen-bond acceptors (Lipinski definition) is 1. The SMILES string of the molecule is Cc1cc(C(=O)c2c(C)cccc2C)c(C)cc1Cl. The van der Waals surface area contributed by atoms with E-state index < -0.39 is 0 Å². The van der Waals surface area contributed by atoms with Crippen molar-refractivity contribution in [2.24, 2.45) is 0 Å². The number of carbonyl (C=O) groups excluding carboxylic acids is 1. The third-order valence-corrected chi connectivity index (χ3v) is 3.87. The predicted octanol–water partition coefficient (Wildman–Crippen LogP) is 4.80. The van der Waals surface area contributed by atoms with Gasteiger partial charge in [0.05, 0.1) is 0 Å². The summed E-state index contributed by atoms with van der Waals surface area (Å²) < 4.78 is 0. The van der Waals surface area contributed by atoms with Crippen molar-refractivity contribution in [3.63, 3.8) is 0 Å². The second kappa shape index (κ2) is 5.18. The van der Waals surface area contributed by atoms with E-state index in [4.69, 9.17) is 11.6 Å². The lowest BCUT2D eigenvalue weighted by atomic mass is 9.92. The summed E-state index contributed by atoms with van der Waals surface area (Å²) in [6, 6.07) is 9.65. The van der Waals surface area contributed by atoms with E-state index in [-0.39, 0.29) is 5.78 Å². The van der Waals surface area contributed by atoms with Crippen LogP contribution in [0.4, 0.5) is 0 Å². The van der Waals surface area contributed by atoms with Crippen LogP contribution in [-0.2, 0) is 0 Å². The third kappa shape index (κ3) is 2.57. The molecule has 1 nitrogen and oxygen atoms in total. The molecule has 0 fully saturated rings. The Bertz CT molecular complexity index is 636. The Balaban J connectivity index is 2.60. The Morgan fingerprint density at radius 2 is 1.47 bits per heavy atom. The maximum atomic E-state index is 12.7. The zero-order valence-corrected chi connectivity index (χ0v) is 12.4. The normalized spacial score (nSPS) is 10.6. The molecule has 19 heavy (non-hydrogen) atoms. The highest BCUT2D eigenvalue weighted by molar-refractivity contribution is 6.31. The van der Waals surface area contributed by atoms with Gasteiger partial charge < -0.3 is 0 Å². The molecule has 0 aliphatic heterocycles. The van der Waals surface area contributed by atoms with Gasteiger partial charge in [-0.05, 0) is 62.1 Å². The molecule has 0 aromatic heterocycles. The van der Waals surface area contributed by atoms with Gasteiger partial charge in [-0.25, -0.2) is 0 Å². The lowest BCUT2D eigenvalue weighted by Crippen LogP contribution is -2.08. The van der Waals surface area contributed by atoms with E-state index in [0.717, 1.165) is 33.4 Å². The molecule has 2 aromatic rings. The first-order chi connectivity index (χ1) is 8.91. The topological polar surface area (TPSA) is 17.1 Å². The maximum absolute atomic E-state index is 12.7. The van der Waals surface area contributed by atoms with Crippen LogP contribution in [0, 0.1) is 27.7 Å². The van der Waals surface area contributed by atoms with Crippen LogP contribution in [0.5, 0.6) is 0 Å². The molecule has 0 radical (unpaired) electrons. The van der Waals surface area contributed by atoms with Crippen molar-refractivity contribution in [1.82, 2.24) is 0 Å². The molecule has 98 valence electrons. The monoisotopic (exact) mass is 272 g/mol. The molecule has 0 spiro atoms. The van der Waals surface area contributed by atoms with Gasteiger partial charge in [0.25, 0.3) is 0 Å². The first kappa shape index (κ1) is 13.8. The van der Waals surface area contributed by atoms with Crippen LogP contribution < -0.4 is 0 Å². The summed E-state index contributed by atoms with van der Waals surface area (Å²) in [6.07, 6.45) is 0. The van der Waals surface area contributed by atoms with E-state index in [1.807, 2.05) is 58.0 Å². The molecule has 0 saturated heterocycles. The molecular weight excluding hydrogens is 256 g/mol. The van der Waals surface area contributed by atoms with E-state index in [0.29, 0.717) is 5.02 Å². The van der Waals surface area contributed by atoms with Gasteiger partial charge in [0, 0.05) is 16.1 Å². The first-order valence-corrected chi connectivity index (χ1v) is 6.67. The number of benzene rings is 2. The van der Waals surface area contributed by atoms with Gasteiger partial charge in [-0.2, -0.15) is 0 Å². The Labute approximate surface area is 119 Å². The van der Waals surface area contributed by atoms with E-state index in [1.165, 1.54) is 0 Å². The van der Waals surface area contributed by atoms with Crippen molar-refractivity contribution >= 4 is 17.4 Å². The van der Waals surface area contributed by atoms with Crippen LogP contribution in [0.25, 0.3) is 0 Å². The smallest absolute Gasteiger partial charge is 0.193 e. The Morgan fingerprint density at radius 1 is 0.895 bits per heavy atom. The Hall–Kier alpha value is -1.60. The van der Waals surface area contributed by atoms with Crippen LogP contribution in [0.1, 0.15) is 38.2 Å². The fraction of sp³-hybridized carbons (Fsp3) is 0.235. The van der Waals surface area contributed by atoms with E-state index in [2.05, 4.69) is 0 Å². The predicted molar refractivity (Wildman–Crippen MR) is 80.3 cm³/mol. The minimum absolute atomic E-state index is 0.0767. The highest BCUT2D eigenvalue weighted by atomic mass is 35.5. The zero-order chi connectivity index (χ0) is 14.2. The summed E-state index contributed by atoms with van der Waals surface area (Å²) in [5.74, 6) is 0.0767. The van der Waals surface area contributed by atoms with Gasteiger partial charge in [-0.15, -0.1) is 0 Å². The number of halogens is 1. The summed E-state index contributed by atoms with van der Waals surface area (Å²) in [4.78, 5) is 12.7. The number of hydrogen-bond donors (Lipinski definition) is 0. The maximum Gasteiger partial charge on any atom is 0.193 e. The number of carbonyl (C=O) groups is 1. The summed E-state index contributed by atoms with van der Waals surface area (Å²) in [5.41, 5.74) is 5.41. The van der Waals surface area contributed by atoms with Gasteiger partial charge >= 0.3 is 0 Å². The molecule has 0 atom stereocenters. The molecule has 0 bridgehead atoms. The molecular formula is C17H17ClO. The van der Waals surface area contributed by atoms with Crippen LogP contribution >= 0.6 is 11.6 Å². The van der Waals surface area contributed by atoms with Crippen molar-refractivity contribution in [2.75, 3.05) is 0 Å². The van der Waals surface area contributed by atoms with Crippen LogP contribution in [0.15, 0.2) is 30.3 Å². The fourth-order valence-corrected chi connectivity index (χ4v) is 2.55. The van der Waals surface area contributed by atoms with Crippen LogP contribution in [0.2, 0.25) is 5.02 Å². The molecule has 0 N–H and O–H groups in total. The van der Waals surface area contributed by atoms with Gasteiger partial charge in [0.15, 0.2) is 5.78 Å². The Kier molecular flexibility index (Phi) is 3.77. The van der Waals surface area contributed by atoms with Gasteiger partial charge in [-0.3, -0.25) is 4.79 Å². The van der Waals surface area contributed by atoms with E-state index >= 15 is 0 Å². The average Bonchev–Trinajstić information content (AvgIpc) is 2.33. The van der Waals surface area contributed by atoms with Crippen molar-refractivity contribution in [3.05, 3.63) is 68.7 Å². The molecule has 0 aliphatic rings. The number of ketones is 1. The molecule has 2 aromatic carbocycles. The van der Waals surface area contributed by atoms with Gasteiger partial charge in [0.2, 0.25) is 0 Å². The minimum Gasteiger partial charge on any atom is -0.289 e. The molecule has 2 rings (SSSR count). The third-order valence-electron chi connectivity index (χ3n) is 3.46. The Morgan fingerprint density at radius 3 is 2.05 bits per heavy atom.